The van der Waals surface area contributed by atoms with Gasteiger partial charge in [0.1, 0.15) is 5.69 Å². The number of morpholine rings is 1. The Bertz CT molecular complexity index is 483. The van der Waals surface area contributed by atoms with Crippen molar-refractivity contribution in [1.29, 1.82) is 0 Å². The molecule has 104 valence electrons. The van der Waals surface area contributed by atoms with Crippen LogP contribution in [0.1, 0.15) is 6.92 Å². The van der Waals surface area contributed by atoms with Crippen LogP contribution in [0.5, 0.6) is 0 Å². The molecule has 0 aromatic heterocycles. The fraction of sp³-hybridized carbons (Fsp3) is 0.500. The molecule has 1 heterocycles. The third-order valence-corrected chi connectivity index (χ3v) is 3.46. The van der Waals surface area contributed by atoms with Crippen molar-refractivity contribution in [3.8, 4) is 0 Å². The van der Waals surface area contributed by atoms with Crippen LogP contribution >= 0.6 is 11.6 Å². The third kappa shape index (κ3) is 2.80. The quantitative estimate of drug-likeness (QED) is 0.678. The van der Waals surface area contributed by atoms with E-state index in [4.69, 9.17) is 16.3 Å². The lowest BCUT2D eigenvalue weighted by Gasteiger charge is -2.39. The van der Waals surface area contributed by atoms with E-state index < -0.39 is 4.92 Å². The second-order valence-corrected chi connectivity index (χ2v) is 4.91. The highest BCUT2D eigenvalue weighted by Gasteiger charge is 2.31. The average Bonchev–Trinajstić information content (AvgIpc) is 2.39. The maximum absolute atomic E-state index is 11.1. The van der Waals surface area contributed by atoms with Crippen molar-refractivity contribution >= 4 is 23.0 Å². The van der Waals surface area contributed by atoms with E-state index in [9.17, 15) is 15.2 Å². The number of nitrogens with zero attached hydrogens (tertiary/aromatic N) is 2. The lowest BCUT2D eigenvalue weighted by molar-refractivity contribution is -0.384. The van der Waals surface area contributed by atoms with Crippen LogP contribution in [0.15, 0.2) is 18.2 Å². The minimum atomic E-state index is -0.447. The van der Waals surface area contributed by atoms with E-state index in [0.29, 0.717) is 23.9 Å². The van der Waals surface area contributed by atoms with E-state index >= 15 is 0 Å². The molecule has 2 atom stereocenters. The summed E-state index contributed by atoms with van der Waals surface area (Å²) in [5.74, 6) is 0. The summed E-state index contributed by atoms with van der Waals surface area (Å²) in [5.41, 5.74) is 0.362. The van der Waals surface area contributed by atoms with Crippen LogP contribution < -0.4 is 4.90 Å². The minimum absolute atomic E-state index is 0.0297. The molecule has 1 N–H and O–H groups in total. The van der Waals surface area contributed by atoms with Crippen LogP contribution in [0.2, 0.25) is 5.02 Å². The SMILES string of the molecule is CC1COC(CO)CN1c1c(Cl)cccc1[N+](=O)[O-]. The molecular formula is C12H15ClN2O4. The van der Waals surface area contributed by atoms with Crippen molar-refractivity contribution < 1.29 is 14.8 Å². The molecule has 0 aliphatic carbocycles. The van der Waals surface area contributed by atoms with E-state index in [-0.39, 0.29) is 24.4 Å². The summed E-state index contributed by atoms with van der Waals surface area (Å²) < 4.78 is 5.43. The fourth-order valence-corrected chi connectivity index (χ4v) is 2.45. The zero-order valence-corrected chi connectivity index (χ0v) is 11.2. The van der Waals surface area contributed by atoms with Crippen LogP contribution in [-0.4, -0.2) is 41.9 Å². The van der Waals surface area contributed by atoms with Gasteiger partial charge in [0, 0.05) is 18.7 Å². The molecule has 7 heteroatoms. The van der Waals surface area contributed by atoms with Crippen LogP contribution in [0, 0.1) is 10.1 Å². The average molecular weight is 287 g/mol. The van der Waals surface area contributed by atoms with Crippen LogP contribution in [-0.2, 0) is 4.74 Å². The lowest BCUT2D eigenvalue weighted by Crippen LogP contribution is -2.49. The van der Waals surface area contributed by atoms with Crippen molar-refractivity contribution in [1.82, 2.24) is 0 Å². The zero-order valence-electron chi connectivity index (χ0n) is 10.5. The smallest absolute Gasteiger partial charge is 0.294 e. The van der Waals surface area contributed by atoms with E-state index in [1.165, 1.54) is 6.07 Å². The molecule has 0 radical (unpaired) electrons. The van der Waals surface area contributed by atoms with Gasteiger partial charge in [0.25, 0.3) is 5.69 Å². The molecule has 1 aromatic rings. The molecule has 0 amide bonds. The van der Waals surface area contributed by atoms with Crippen molar-refractivity contribution in [3.63, 3.8) is 0 Å². The van der Waals surface area contributed by atoms with Gasteiger partial charge < -0.3 is 14.7 Å². The summed E-state index contributed by atoms with van der Waals surface area (Å²) in [7, 11) is 0. The van der Waals surface area contributed by atoms with Crippen LogP contribution in [0.25, 0.3) is 0 Å². The first kappa shape index (κ1) is 14.0. The van der Waals surface area contributed by atoms with E-state index in [1.54, 1.807) is 12.1 Å². The van der Waals surface area contributed by atoms with Crippen molar-refractivity contribution in [2.24, 2.45) is 0 Å². The second-order valence-electron chi connectivity index (χ2n) is 4.50. The Balaban J connectivity index is 2.41. The van der Waals surface area contributed by atoms with Gasteiger partial charge >= 0.3 is 0 Å². The highest BCUT2D eigenvalue weighted by molar-refractivity contribution is 6.33. The molecule has 1 aromatic carbocycles. The number of nitro benzene ring substituents is 1. The molecule has 2 unspecified atom stereocenters. The molecule has 0 spiro atoms. The summed E-state index contributed by atoms with van der Waals surface area (Å²) in [6.45, 7) is 2.55. The Morgan fingerprint density at radius 2 is 2.37 bits per heavy atom. The maximum atomic E-state index is 11.1. The lowest BCUT2D eigenvalue weighted by atomic mass is 10.1. The first-order valence-electron chi connectivity index (χ1n) is 5.96. The van der Waals surface area contributed by atoms with Crippen molar-refractivity contribution in [3.05, 3.63) is 33.3 Å². The molecular weight excluding hydrogens is 272 g/mol. The number of hydrogen-bond donors (Lipinski definition) is 1. The van der Waals surface area contributed by atoms with Gasteiger partial charge in [0.15, 0.2) is 0 Å². The number of halogens is 1. The standard InChI is InChI=1S/C12H15ClN2O4/c1-8-7-19-9(6-16)5-14(8)12-10(13)3-2-4-11(12)15(17)18/h2-4,8-9,16H,5-7H2,1H3. The summed E-state index contributed by atoms with van der Waals surface area (Å²) in [4.78, 5) is 12.5. The van der Waals surface area contributed by atoms with Gasteiger partial charge in [-0.05, 0) is 13.0 Å². The molecule has 1 saturated heterocycles. The van der Waals surface area contributed by atoms with Gasteiger partial charge in [0.2, 0.25) is 0 Å². The Morgan fingerprint density at radius 3 is 3.00 bits per heavy atom. The summed E-state index contributed by atoms with van der Waals surface area (Å²) >= 11 is 6.11. The van der Waals surface area contributed by atoms with Gasteiger partial charge in [-0.15, -0.1) is 0 Å². The first-order valence-corrected chi connectivity index (χ1v) is 6.34. The van der Waals surface area contributed by atoms with Crippen LogP contribution in [0.4, 0.5) is 11.4 Å². The molecule has 0 bridgehead atoms. The van der Waals surface area contributed by atoms with Gasteiger partial charge in [-0.3, -0.25) is 10.1 Å². The number of para-hydroxylation sites is 1. The Labute approximate surface area is 115 Å². The van der Waals surface area contributed by atoms with E-state index in [0.717, 1.165) is 0 Å². The highest BCUT2D eigenvalue weighted by atomic mass is 35.5. The van der Waals surface area contributed by atoms with Gasteiger partial charge in [-0.2, -0.15) is 0 Å². The summed E-state index contributed by atoms with van der Waals surface area (Å²) in [6, 6.07) is 4.57. The molecule has 19 heavy (non-hydrogen) atoms. The molecule has 0 saturated carbocycles. The number of benzene rings is 1. The van der Waals surface area contributed by atoms with Crippen molar-refractivity contribution in [2.75, 3.05) is 24.7 Å². The normalized spacial score (nSPS) is 23.4. The number of aliphatic hydroxyl groups excluding tert-OH is 1. The molecule has 2 rings (SSSR count). The Hall–Kier alpha value is -1.37. The van der Waals surface area contributed by atoms with Gasteiger partial charge in [-0.25, -0.2) is 0 Å². The number of hydrogen-bond acceptors (Lipinski definition) is 5. The number of aliphatic hydroxyl groups is 1. The Morgan fingerprint density at radius 1 is 1.63 bits per heavy atom. The number of anilines is 1. The van der Waals surface area contributed by atoms with E-state index in [1.807, 2.05) is 11.8 Å². The fourth-order valence-electron chi connectivity index (χ4n) is 2.18. The molecule has 1 fully saturated rings. The molecule has 1 aliphatic rings. The predicted octanol–water partition coefficient (Wildman–Crippen LogP) is 1.83. The van der Waals surface area contributed by atoms with Crippen LogP contribution in [0.3, 0.4) is 0 Å². The highest BCUT2D eigenvalue weighted by Crippen LogP contribution is 2.37. The topological polar surface area (TPSA) is 75.8 Å². The largest absolute Gasteiger partial charge is 0.394 e. The monoisotopic (exact) mass is 286 g/mol. The minimum Gasteiger partial charge on any atom is -0.394 e. The van der Waals surface area contributed by atoms with Crippen molar-refractivity contribution in [2.45, 2.75) is 19.1 Å². The predicted molar refractivity (Wildman–Crippen MR) is 71.7 cm³/mol. The number of ether oxygens (including phenoxy) is 1. The number of rotatable bonds is 3. The maximum Gasteiger partial charge on any atom is 0.294 e. The van der Waals surface area contributed by atoms with Gasteiger partial charge in [0.05, 0.1) is 29.3 Å². The van der Waals surface area contributed by atoms with Gasteiger partial charge in [-0.1, -0.05) is 17.7 Å². The third-order valence-electron chi connectivity index (χ3n) is 3.16. The molecule has 1 aliphatic heterocycles. The Kier molecular flexibility index (Phi) is 4.24. The second kappa shape index (κ2) is 5.73. The summed E-state index contributed by atoms with van der Waals surface area (Å²) in [5, 5.41) is 20.6. The number of nitro groups is 1. The molecule has 6 nitrogen and oxygen atoms in total. The van der Waals surface area contributed by atoms with E-state index in [2.05, 4.69) is 0 Å². The summed E-state index contributed by atoms with van der Waals surface area (Å²) in [6.07, 6.45) is -0.355. The zero-order chi connectivity index (χ0) is 14.0. The first-order chi connectivity index (χ1) is 9.04.